The van der Waals surface area contributed by atoms with Crippen LogP contribution in [0.25, 0.3) is 0 Å². The molecule has 0 unspecified atom stereocenters. The summed E-state index contributed by atoms with van der Waals surface area (Å²) in [4.78, 5) is 0. The smallest absolute Gasteiger partial charge is 0.187 e. The molecule has 0 atom stereocenters. The van der Waals surface area contributed by atoms with Gasteiger partial charge in [0.15, 0.2) is 11.6 Å². The van der Waals surface area contributed by atoms with Crippen molar-refractivity contribution in [1.82, 2.24) is 0 Å². The lowest BCUT2D eigenvalue weighted by Gasteiger charge is -2.10. The monoisotopic (exact) mass is 232 g/mol. The van der Waals surface area contributed by atoms with Crippen molar-refractivity contribution in [3.05, 3.63) is 23.0 Å². The van der Waals surface area contributed by atoms with E-state index in [9.17, 15) is 4.39 Å². The van der Waals surface area contributed by atoms with Crippen LogP contribution >= 0.6 is 11.6 Å². The van der Waals surface area contributed by atoms with E-state index in [1.165, 1.54) is 6.07 Å². The van der Waals surface area contributed by atoms with Gasteiger partial charge < -0.3 is 9.47 Å². The Hall–Kier alpha value is -0.960. The highest BCUT2D eigenvalue weighted by Crippen LogP contribution is 2.33. The first-order valence-electron chi connectivity index (χ1n) is 4.94. The molecule has 0 aliphatic rings. The van der Waals surface area contributed by atoms with Gasteiger partial charge in [-0.2, -0.15) is 0 Å². The molecule has 1 aromatic carbocycles. The van der Waals surface area contributed by atoms with Gasteiger partial charge in [0.25, 0.3) is 0 Å². The van der Waals surface area contributed by atoms with Crippen LogP contribution in [0.5, 0.6) is 11.5 Å². The van der Waals surface area contributed by atoms with Crippen LogP contribution < -0.4 is 9.47 Å². The third kappa shape index (κ3) is 2.99. The second kappa shape index (κ2) is 5.81. The Bertz CT molecular complexity index is 329. The van der Waals surface area contributed by atoms with E-state index in [2.05, 4.69) is 0 Å². The molecule has 0 saturated heterocycles. The van der Waals surface area contributed by atoms with Crippen molar-refractivity contribution < 1.29 is 13.9 Å². The van der Waals surface area contributed by atoms with Gasteiger partial charge in [0.05, 0.1) is 13.2 Å². The number of rotatable bonds is 5. The Labute approximate surface area is 94.0 Å². The molecule has 0 fully saturated rings. The Kier molecular flexibility index (Phi) is 4.69. The lowest BCUT2D eigenvalue weighted by molar-refractivity contribution is 0.305. The lowest BCUT2D eigenvalue weighted by Crippen LogP contribution is -1.99. The van der Waals surface area contributed by atoms with Crippen molar-refractivity contribution in [2.24, 2.45) is 0 Å². The maximum Gasteiger partial charge on any atom is 0.187 e. The summed E-state index contributed by atoms with van der Waals surface area (Å²) < 4.78 is 23.9. The van der Waals surface area contributed by atoms with Gasteiger partial charge in [-0.25, -0.2) is 4.39 Å². The highest BCUT2D eigenvalue weighted by Gasteiger charge is 2.13. The average molecular weight is 233 g/mol. The standard InChI is InChI=1S/C11H14ClFO2/c1-3-7-15-8-5-6-9(14-4-2)11(13)10(8)12/h5-6H,3-4,7H2,1-2H3. The predicted molar refractivity (Wildman–Crippen MR) is 58.4 cm³/mol. The van der Waals surface area contributed by atoms with Gasteiger partial charge in [0.2, 0.25) is 0 Å². The van der Waals surface area contributed by atoms with Crippen LogP contribution in [0.4, 0.5) is 4.39 Å². The molecule has 0 amide bonds. The summed E-state index contributed by atoms with van der Waals surface area (Å²) in [5.74, 6) is -0.0436. The van der Waals surface area contributed by atoms with E-state index in [1.807, 2.05) is 6.92 Å². The molecule has 0 heterocycles. The topological polar surface area (TPSA) is 18.5 Å². The third-order valence-electron chi connectivity index (χ3n) is 1.77. The molecule has 1 rings (SSSR count). The summed E-state index contributed by atoms with van der Waals surface area (Å²) in [7, 11) is 0. The Morgan fingerprint density at radius 3 is 2.47 bits per heavy atom. The summed E-state index contributed by atoms with van der Waals surface area (Å²) in [5, 5.41) is -0.0191. The molecule has 0 aliphatic carbocycles. The van der Waals surface area contributed by atoms with Crippen LogP contribution in [0.2, 0.25) is 5.02 Å². The van der Waals surface area contributed by atoms with E-state index < -0.39 is 5.82 Å². The average Bonchev–Trinajstić information content (AvgIpc) is 2.24. The van der Waals surface area contributed by atoms with Crippen LogP contribution in [0.3, 0.4) is 0 Å². The van der Waals surface area contributed by atoms with Crippen molar-refractivity contribution >= 4 is 11.6 Å². The van der Waals surface area contributed by atoms with E-state index in [0.29, 0.717) is 19.0 Å². The zero-order chi connectivity index (χ0) is 11.3. The van der Waals surface area contributed by atoms with Crippen LogP contribution in [0, 0.1) is 5.82 Å². The van der Waals surface area contributed by atoms with E-state index in [-0.39, 0.29) is 10.8 Å². The zero-order valence-corrected chi connectivity index (χ0v) is 9.60. The lowest BCUT2D eigenvalue weighted by atomic mass is 10.3. The Balaban J connectivity index is 2.88. The molecule has 1 aromatic rings. The third-order valence-corrected chi connectivity index (χ3v) is 2.13. The largest absolute Gasteiger partial charge is 0.492 e. The SMILES string of the molecule is CCCOc1ccc(OCC)c(F)c1Cl. The Morgan fingerprint density at radius 2 is 1.87 bits per heavy atom. The first-order valence-corrected chi connectivity index (χ1v) is 5.32. The highest BCUT2D eigenvalue weighted by molar-refractivity contribution is 6.32. The molecule has 4 heteroatoms. The molecule has 84 valence electrons. The summed E-state index contributed by atoms with van der Waals surface area (Å²) >= 11 is 5.79. The molecule has 0 bridgehead atoms. The molecule has 0 saturated carbocycles. The van der Waals surface area contributed by atoms with Gasteiger partial charge in [-0.3, -0.25) is 0 Å². The fourth-order valence-corrected chi connectivity index (χ4v) is 1.32. The van der Waals surface area contributed by atoms with E-state index >= 15 is 0 Å². The molecule has 0 radical (unpaired) electrons. The molecule has 0 N–H and O–H groups in total. The predicted octanol–water partition coefficient (Wildman–Crippen LogP) is 3.67. The number of hydrogen-bond donors (Lipinski definition) is 0. The van der Waals surface area contributed by atoms with Gasteiger partial charge >= 0.3 is 0 Å². The molecule has 0 aromatic heterocycles. The van der Waals surface area contributed by atoms with Gasteiger partial charge in [-0.15, -0.1) is 0 Å². The van der Waals surface area contributed by atoms with Gasteiger partial charge in [0.1, 0.15) is 10.8 Å². The number of ether oxygens (including phenoxy) is 2. The summed E-state index contributed by atoms with van der Waals surface area (Å²) in [6.07, 6.45) is 0.852. The number of hydrogen-bond acceptors (Lipinski definition) is 2. The number of halogens is 2. The molecule has 0 spiro atoms. The minimum absolute atomic E-state index is 0.0191. The molecule has 0 aliphatic heterocycles. The van der Waals surface area contributed by atoms with Gasteiger partial charge in [0, 0.05) is 0 Å². The molecular formula is C11H14ClFO2. The first kappa shape index (κ1) is 12.1. The molecule has 15 heavy (non-hydrogen) atoms. The van der Waals surface area contributed by atoms with Crippen molar-refractivity contribution in [2.45, 2.75) is 20.3 Å². The highest BCUT2D eigenvalue weighted by atomic mass is 35.5. The summed E-state index contributed by atoms with van der Waals surface area (Å²) in [5.41, 5.74) is 0. The fraction of sp³-hybridized carbons (Fsp3) is 0.455. The van der Waals surface area contributed by atoms with Crippen molar-refractivity contribution in [1.29, 1.82) is 0 Å². The van der Waals surface area contributed by atoms with E-state index in [1.54, 1.807) is 13.0 Å². The maximum atomic E-state index is 13.5. The van der Waals surface area contributed by atoms with Crippen LogP contribution in [-0.2, 0) is 0 Å². The maximum absolute atomic E-state index is 13.5. The molecule has 2 nitrogen and oxygen atoms in total. The van der Waals surface area contributed by atoms with Gasteiger partial charge in [-0.05, 0) is 25.5 Å². The van der Waals surface area contributed by atoms with Crippen LogP contribution in [0.1, 0.15) is 20.3 Å². The van der Waals surface area contributed by atoms with Crippen LogP contribution in [-0.4, -0.2) is 13.2 Å². The minimum Gasteiger partial charge on any atom is -0.492 e. The van der Waals surface area contributed by atoms with Crippen molar-refractivity contribution in [2.75, 3.05) is 13.2 Å². The van der Waals surface area contributed by atoms with E-state index in [4.69, 9.17) is 21.1 Å². The minimum atomic E-state index is -0.563. The van der Waals surface area contributed by atoms with E-state index in [0.717, 1.165) is 6.42 Å². The zero-order valence-electron chi connectivity index (χ0n) is 8.85. The first-order chi connectivity index (χ1) is 7.20. The quantitative estimate of drug-likeness (QED) is 0.771. The summed E-state index contributed by atoms with van der Waals surface area (Å²) in [6, 6.07) is 3.14. The van der Waals surface area contributed by atoms with Crippen molar-refractivity contribution in [3.63, 3.8) is 0 Å². The molecular weight excluding hydrogens is 219 g/mol. The van der Waals surface area contributed by atoms with Crippen LogP contribution in [0.15, 0.2) is 12.1 Å². The Morgan fingerprint density at radius 1 is 1.20 bits per heavy atom. The number of benzene rings is 1. The summed E-state index contributed by atoms with van der Waals surface area (Å²) in [6.45, 7) is 4.68. The fourth-order valence-electron chi connectivity index (χ4n) is 1.10. The second-order valence-corrected chi connectivity index (χ2v) is 3.35. The van der Waals surface area contributed by atoms with Gasteiger partial charge in [-0.1, -0.05) is 18.5 Å². The normalized spacial score (nSPS) is 10.1. The van der Waals surface area contributed by atoms with Crippen molar-refractivity contribution in [3.8, 4) is 11.5 Å². The second-order valence-electron chi connectivity index (χ2n) is 2.97.